The highest BCUT2D eigenvalue weighted by atomic mass is 79.9. The fourth-order valence-electron chi connectivity index (χ4n) is 2.26. The molecule has 2 rings (SSSR count). The average Bonchev–Trinajstić information content (AvgIpc) is 2.81. The van der Waals surface area contributed by atoms with Gasteiger partial charge in [-0.2, -0.15) is 0 Å². The van der Waals surface area contributed by atoms with Crippen LogP contribution in [0.15, 0.2) is 28.7 Å². The van der Waals surface area contributed by atoms with Gasteiger partial charge in [0.25, 0.3) is 5.91 Å². The molecule has 21 heavy (non-hydrogen) atoms. The van der Waals surface area contributed by atoms with E-state index < -0.39 is 17.4 Å². The van der Waals surface area contributed by atoms with Gasteiger partial charge in [0.15, 0.2) is 0 Å². The van der Waals surface area contributed by atoms with Crippen LogP contribution in [0.4, 0.5) is 0 Å². The van der Waals surface area contributed by atoms with E-state index in [-0.39, 0.29) is 0 Å². The maximum Gasteiger partial charge on any atom is 0.329 e. The van der Waals surface area contributed by atoms with Gasteiger partial charge in [0.05, 0.1) is 0 Å². The van der Waals surface area contributed by atoms with Gasteiger partial charge in [0.1, 0.15) is 11.2 Å². The summed E-state index contributed by atoms with van der Waals surface area (Å²) in [6.07, 6.45) is 1.04. The second-order valence-corrected chi connectivity index (χ2v) is 6.17. The molecule has 3 N–H and O–H groups in total. The number of nitrogens with one attached hydrogen (secondary N) is 2. The SMILES string of the molecule is CCCC(C)(NC(=O)c1cc2ccc(Br)cc2[nH]1)C(=O)O. The zero-order chi connectivity index (χ0) is 15.6. The normalized spacial score (nSPS) is 13.9. The van der Waals surface area contributed by atoms with Crippen LogP contribution < -0.4 is 5.32 Å². The number of carboxylic acids is 1. The lowest BCUT2D eigenvalue weighted by molar-refractivity contribution is -0.144. The number of carbonyl (C=O) groups is 2. The average molecular weight is 353 g/mol. The number of carboxylic acid groups (broad SMARTS) is 1. The summed E-state index contributed by atoms with van der Waals surface area (Å²) < 4.78 is 0.908. The Bertz CT molecular complexity index is 695. The molecule has 6 heteroatoms. The smallest absolute Gasteiger partial charge is 0.329 e. The Morgan fingerprint density at radius 2 is 2.10 bits per heavy atom. The van der Waals surface area contributed by atoms with Crippen LogP contribution in [0.3, 0.4) is 0 Å². The van der Waals surface area contributed by atoms with Crippen molar-refractivity contribution in [1.29, 1.82) is 0 Å². The monoisotopic (exact) mass is 352 g/mol. The van der Waals surface area contributed by atoms with E-state index in [1.807, 2.05) is 25.1 Å². The first-order valence-corrected chi connectivity index (χ1v) is 7.49. The Balaban J connectivity index is 2.27. The molecular weight excluding hydrogens is 336 g/mol. The van der Waals surface area contributed by atoms with Crippen molar-refractivity contribution in [2.24, 2.45) is 0 Å². The van der Waals surface area contributed by atoms with Crippen LogP contribution in [0.25, 0.3) is 10.9 Å². The molecule has 0 aliphatic heterocycles. The third-order valence-corrected chi connectivity index (χ3v) is 3.93. The Morgan fingerprint density at radius 1 is 1.38 bits per heavy atom. The highest BCUT2D eigenvalue weighted by molar-refractivity contribution is 9.10. The largest absolute Gasteiger partial charge is 0.480 e. The first kappa shape index (κ1) is 15.6. The van der Waals surface area contributed by atoms with Gasteiger partial charge in [-0.25, -0.2) is 4.79 Å². The van der Waals surface area contributed by atoms with Crippen molar-refractivity contribution in [3.05, 3.63) is 34.4 Å². The molecule has 1 aromatic heterocycles. The topological polar surface area (TPSA) is 82.2 Å². The van der Waals surface area contributed by atoms with Gasteiger partial charge in [0.2, 0.25) is 0 Å². The lowest BCUT2D eigenvalue weighted by atomic mass is 9.96. The van der Waals surface area contributed by atoms with Gasteiger partial charge in [-0.15, -0.1) is 0 Å². The Kier molecular flexibility index (Phi) is 4.37. The number of H-pyrrole nitrogens is 1. The van der Waals surface area contributed by atoms with Crippen molar-refractivity contribution in [3.8, 4) is 0 Å². The molecule has 2 aromatic rings. The summed E-state index contributed by atoms with van der Waals surface area (Å²) in [5.41, 5.74) is -0.0855. The second-order valence-electron chi connectivity index (χ2n) is 5.26. The van der Waals surface area contributed by atoms with Gasteiger partial charge in [-0.05, 0) is 31.5 Å². The summed E-state index contributed by atoms with van der Waals surface area (Å²) in [5.74, 6) is -1.45. The van der Waals surface area contributed by atoms with Crippen molar-refractivity contribution >= 4 is 38.7 Å². The quantitative estimate of drug-likeness (QED) is 0.771. The van der Waals surface area contributed by atoms with Crippen LogP contribution >= 0.6 is 15.9 Å². The number of halogens is 1. The van der Waals surface area contributed by atoms with Gasteiger partial charge in [0, 0.05) is 15.4 Å². The predicted molar refractivity (Wildman–Crippen MR) is 84.4 cm³/mol. The number of hydrogen-bond donors (Lipinski definition) is 3. The van der Waals surface area contributed by atoms with Crippen LogP contribution in [-0.2, 0) is 4.79 Å². The Labute approximate surface area is 130 Å². The summed E-state index contributed by atoms with van der Waals surface area (Å²) in [5, 5.41) is 12.8. The fraction of sp³-hybridized carbons (Fsp3) is 0.333. The third kappa shape index (κ3) is 3.26. The molecule has 0 fully saturated rings. The number of aromatic nitrogens is 1. The number of aromatic amines is 1. The van der Waals surface area contributed by atoms with E-state index in [1.54, 1.807) is 6.07 Å². The fourth-order valence-corrected chi connectivity index (χ4v) is 2.62. The summed E-state index contributed by atoms with van der Waals surface area (Å²) >= 11 is 3.37. The van der Waals surface area contributed by atoms with Crippen molar-refractivity contribution in [3.63, 3.8) is 0 Å². The maximum atomic E-state index is 12.3. The molecule has 1 unspecified atom stereocenters. The molecule has 1 heterocycles. The summed E-state index contributed by atoms with van der Waals surface area (Å²) in [4.78, 5) is 26.6. The van der Waals surface area contributed by atoms with Gasteiger partial charge < -0.3 is 15.4 Å². The highest BCUT2D eigenvalue weighted by Gasteiger charge is 2.34. The molecule has 1 atom stereocenters. The Morgan fingerprint density at radius 3 is 2.71 bits per heavy atom. The van der Waals surface area contributed by atoms with Crippen molar-refractivity contribution in [2.45, 2.75) is 32.2 Å². The van der Waals surface area contributed by atoms with E-state index in [4.69, 9.17) is 0 Å². The molecule has 1 amide bonds. The van der Waals surface area contributed by atoms with Crippen LogP contribution in [-0.4, -0.2) is 27.5 Å². The van der Waals surface area contributed by atoms with Gasteiger partial charge in [-0.3, -0.25) is 4.79 Å². The minimum atomic E-state index is -1.26. The number of amides is 1. The van der Waals surface area contributed by atoms with E-state index in [0.717, 1.165) is 15.4 Å². The second kappa shape index (κ2) is 5.89. The van der Waals surface area contributed by atoms with Crippen molar-refractivity contribution in [2.75, 3.05) is 0 Å². The molecule has 0 aliphatic rings. The summed E-state index contributed by atoms with van der Waals surface area (Å²) in [6.45, 7) is 3.41. The lowest BCUT2D eigenvalue weighted by Gasteiger charge is -2.25. The third-order valence-electron chi connectivity index (χ3n) is 3.44. The van der Waals surface area contributed by atoms with E-state index in [2.05, 4.69) is 26.2 Å². The minimum absolute atomic E-state index is 0.353. The van der Waals surface area contributed by atoms with E-state index in [0.29, 0.717) is 18.5 Å². The van der Waals surface area contributed by atoms with Crippen LogP contribution in [0.1, 0.15) is 37.2 Å². The number of carbonyl (C=O) groups excluding carboxylic acids is 1. The molecule has 0 radical (unpaired) electrons. The van der Waals surface area contributed by atoms with E-state index in [9.17, 15) is 14.7 Å². The van der Waals surface area contributed by atoms with Crippen molar-refractivity contribution < 1.29 is 14.7 Å². The standard InChI is InChI=1S/C15H17BrN2O3/c1-3-6-15(2,14(20)21)18-13(19)12-7-9-4-5-10(16)8-11(9)17-12/h4-5,7-8,17H,3,6H2,1-2H3,(H,18,19)(H,20,21). The predicted octanol–water partition coefficient (Wildman–Crippen LogP) is 3.30. The molecule has 0 saturated carbocycles. The number of rotatable bonds is 5. The lowest BCUT2D eigenvalue weighted by Crippen LogP contribution is -2.52. The molecule has 0 aliphatic carbocycles. The first-order chi connectivity index (χ1) is 9.85. The van der Waals surface area contributed by atoms with Crippen molar-refractivity contribution in [1.82, 2.24) is 10.3 Å². The number of benzene rings is 1. The van der Waals surface area contributed by atoms with Gasteiger partial charge in [-0.1, -0.05) is 35.3 Å². The van der Waals surface area contributed by atoms with E-state index >= 15 is 0 Å². The first-order valence-electron chi connectivity index (χ1n) is 6.70. The molecule has 0 saturated heterocycles. The number of hydrogen-bond acceptors (Lipinski definition) is 2. The zero-order valence-electron chi connectivity index (χ0n) is 11.9. The van der Waals surface area contributed by atoms with Crippen LogP contribution in [0.2, 0.25) is 0 Å². The molecule has 1 aromatic carbocycles. The highest BCUT2D eigenvalue weighted by Crippen LogP contribution is 2.21. The molecule has 112 valence electrons. The van der Waals surface area contributed by atoms with Gasteiger partial charge >= 0.3 is 5.97 Å². The maximum absolute atomic E-state index is 12.3. The summed E-state index contributed by atoms with van der Waals surface area (Å²) in [6, 6.07) is 7.35. The zero-order valence-corrected chi connectivity index (χ0v) is 13.5. The number of fused-ring (bicyclic) bond motifs is 1. The molecule has 5 nitrogen and oxygen atoms in total. The number of aliphatic carboxylic acids is 1. The summed E-state index contributed by atoms with van der Waals surface area (Å²) in [7, 11) is 0. The minimum Gasteiger partial charge on any atom is -0.480 e. The Hall–Kier alpha value is -1.82. The molecular formula is C15H17BrN2O3. The van der Waals surface area contributed by atoms with Crippen LogP contribution in [0.5, 0.6) is 0 Å². The van der Waals surface area contributed by atoms with Crippen LogP contribution in [0, 0.1) is 0 Å². The van der Waals surface area contributed by atoms with E-state index in [1.165, 1.54) is 6.92 Å². The molecule has 0 bridgehead atoms. The molecule has 0 spiro atoms.